The summed E-state index contributed by atoms with van der Waals surface area (Å²) in [4.78, 5) is 24.8. The van der Waals surface area contributed by atoms with Gasteiger partial charge in [-0.05, 0) is 48.2 Å². The molecular weight excluding hydrogens is 512 g/mol. The van der Waals surface area contributed by atoms with Crippen LogP contribution in [0.4, 0.5) is 11.4 Å². The molecule has 0 aliphatic rings. The van der Waals surface area contributed by atoms with Crippen molar-refractivity contribution < 1.29 is 19.1 Å². The van der Waals surface area contributed by atoms with Crippen LogP contribution in [0.5, 0.6) is 11.5 Å². The molecular formula is C35H38N2O4. The second kappa shape index (κ2) is 16.5. The van der Waals surface area contributed by atoms with Crippen LogP contribution in [0.15, 0.2) is 109 Å². The summed E-state index contributed by atoms with van der Waals surface area (Å²) in [6, 6.07) is 34.9. The third-order valence-electron chi connectivity index (χ3n) is 6.54. The largest absolute Gasteiger partial charge is 0.489 e. The van der Waals surface area contributed by atoms with Crippen molar-refractivity contribution in [2.24, 2.45) is 0 Å². The highest BCUT2D eigenvalue weighted by Crippen LogP contribution is 2.21. The molecule has 212 valence electrons. The maximum absolute atomic E-state index is 12.4. The van der Waals surface area contributed by atoms with Gasteiger partial charge in [0.25, 0.3) is 0 Å². The minimum Gasteiger partial charge on any atom is -0.489 e. The van der Waals surface area contributed by atoms with Gasteiger partial charge in [-0.15, -0.1) is 0 Å². The van der Waals surface area contributed by atoms with Crippen LogP contribution in [0.25, 0.3) is 0 Å². The average Bonchev–Trinajstić information content (AvgIpc) is 3.00. The zero-order valence-electron chi connectivity index (χ0n) is 23.4. The van der Waals surface area contributed by atoms with Crippen molar-refractivity contribution in [1.82, 2.24) is 0 Å². The van der Waals surface area contributed by atoms with Crippen LogP contribution in [0.2, 0.25) is 0 Å². The molecule has 0 spiro atoms. The molecule has 0 atom stereocenters. The van der Waals surface area contributed by atoms with Gasteiger partial charge in [-0.25, -0.2) is 0 Å². The van der Waals surface area contributed by atoms with Gasteiger partial charge in [0.05, 0.1) is 0 Å². The quantitative estimate of drug-likeness (QED) is 0.138. The number of rotatable bonds is 16. The summed E-state index contributed by atoms with van der Waals surface area (Å²) in [6.45, 7) is 0.967. The molecule has 0 saturated carbocycles. The van der Waals surface area contributed by atoms with E-state index < -0.39 is 0 Å². The van der Waals surface area contributed by atoms with Gasteiger partial charge in [-0.2, -0.15) is 0 Å². The Bertz CT molecular complexity index is 1250. The highest BCUT2D eigenvalue weighted by Gasteiger charge is 2.06. The molecule has 4 aromatic carbocycles. The first kappa shape index (κ1) is 29.4. The second-order valence-corrected chi connectivity index (χ2v) is 9.97. The number of hydrogen-bond donors (Lipinski definition) is 2. The molecule has 41 heavy (non-hydrogen) atoms. The molecule has 0 fully saturated rings. The van der Waals surface area contributed by atoms with Crippen molar-refractivity contribution in [3.63, 3.8) is 0 Å². The van der Waals surface area contributed by atoms with Gasteiger partial charge in [0.2, 0.25) is 11.8 Å². The Balaban J connectivity index is 1.05. The fraction of sp³-hybridized carbons (Fsp3) is 0.257. The summed E-state index contributed by atoms with van der Waals surface area (Å²) in [5, 5.41) is 5.92. The number of anilines is 2. The fourth-order valence-electron chi connectivity index (χ4n) is 4.36. The molecule has 2 amide bonds. The summed E-state index contributed by atoms with van der Waals surface area (Å²) in [5.74, 6) is 1.44. The number of ether oxygens (including phenoxy) is 2. The molecule has 4 rings (SSSR count). The lowest BCUT2D eigenvalue weighted by Crippen LogP contribution is -2.11. The maximum atomic E-state index is 12.4. The number of unbranched alkanes of at least 4 members (excludes halogenated alkanes) is 4. The fourth-order valence-corrected chi connectivity index (χ4v) is 4.36. The lowest BCUT2D eigenvalue weighted by molar-refractivity contribution is -0.117. The van der Waals surface area contributed by atoms with Crippen molar-refractivity contribution in [2.45, 2.75) is 58.2 Å². The molecule has 0 bridgehead atoms. The minimum atomic E-state index is -0.000402. The third kappa shape index (κ3) is 11.2. The normalized spacial score (nSPS) is 10.5. The molecule has 6 nitrogen and oxygen atoms in total. The van der Waals surface area contributed by atoms with Gasteiger partial charge < -0.3 is 20.1 Å². The number of hydrogen-bond acceptors (Lipinski definition) is 4. The molecule has 2 N–H and O–H groups in total. The monoisotopic (exact) mass is 550 g/mol. The highest BCUT2D eigenvalue weighted by molar-refractivity contribution is 5.91. The van der Waals surface area contributed by atoms with E-state index in [0.29, 0.717) is 26.1 Å². The van der Waals surface area contributed by atoms with E-state index in [9.17, 15) is 9.59 Å². The van der Waals surface area contributed by atoms with Gasteiger partial charge in [0.1, 0.15) is 24.7 Å². The smallest absolute Gasteiger partial charge is 0.224 e. The standard InChI is InChI=1S/C35H38N2O4/c38-34(36-30-18-12-20-32(24-30)40-26-28-14-6-4-7-15-28)22-10-2-1-3-11-23-35(39)37-31-19-13-21-33(25-31)41-27-29-16-8-5-9-17-29/h4-9,12-21,24-25H,1-3,10-11,22-23,26-27H2,(H,36,38)(H,37,39). The van der Waals surface area contributed by atoms with E-state index in [2.05, 4.69) is 10.6 Å². The lowest BCUT2D eigenvalue weighted by atomic mass is 10.1. The van der Waals surface area contributed by atoms with Crippen LogP contribution in [-0.2, 0) is 22.8 Å². The van der Waals surface area contributed by atoms with E-state index in [1.54, 1.807) is 0 Å². The van der Waals surface area contributed by atoms with Gasteiger partial charge in [-0.3, -0.25) is 9.59 Å². The van der Waals surface area contributed by atoms with E-state index in [-0.39, 0.29) is 11.8 Å². The molecule has 0 radical (unpaired) electrons. The molecule has 0 aromatic heterocycles. The Labute approximate surface area is 242 Å². The Morgan fingerprint density at radius 2 is 0.902 bits per heavy atom. The van der Waals surface area contributed by atoms with Gasteiger partial charge >= 0.3 is 0 Å². The molecule has 0 aliphatic carbocycles. The van der Waals surface area contributed by atoms with Crippen molar-refractivity contribution >= 4 is 23.2 Å². The number of amides is 2. The topological polar surface area (TPSA) is 76.7 Å². The van der Waals surface area contributed by atoms with E-state index in [0.717, 1.165) is 66.1 Å². The highest BCUT2D eigenvalue weighted by atomic mass is 16.5. The molecule has 0 aliphatic heterocycles. The summed E-state index contributed by atoms with van der Waals surface area (Å²) < 4.78 is 11.7. The van der Waals surface area contributed by atoms with E-state index >= 15 is 0 Å². The van der Waals surface area contributed by atoms with Crippen molar-refractivity contribution in [3.05, 3.63) is 120 Å². The van der Waals surface area contributed by atoms with Crippen molar-refractivity contribution in [3.8, 4) is 11.5 Å². The first-order valence-electron chi connectivity index (χ1n) is 14.3. The van der Waals surface area contributed by atoms with E-state index in [4.69, 9.17) is 9.47 Å². The molecule has 0 saturated heterocycles. The lowest BCUT2D eigenvalue weighted by Gasteiger charge is -2.10. The number of carbonyl (C=O) groups is 2. The van der Waals surface area contributed by atoms with Gasteiger partial charge in [0, 0.05) is 36.3 Å². The predicted octanol–water partition coefficient (Wildman–Crippen LogP) is 8.15. The van der Waals surface area contributed by atoms with Gasteiger partial charge in [0.15, 0.2) is 0 Å². The van der Waals surface area contributed by atoms with Gasteiger partial charge in [-0.1, -0.05) is 92.1 Å². The molecule has 4 aromatic rings. The Kier molecular flexibility index (Phi) is 11.8. The summed E-state index contributed by atoms with van der Waals surface area (Å²) in [7, 11) is 0. The average molecular weight is 551 g/mol. The van der Waals surface area contributed by atoms with E-state index in [1.807, 2.05) is 109 Å². The Morgan fingerprint density at radius 3 is 1.34 bits per heavy atom. The summed E-state index contributed by atoms with van der Waals surface area (Å²) in [5.41, 5.74) is 3.66. The van der Waals surface area contributed by atoms with Crippen LogP contribution >= 0.6 is 0 Å². The van der Waals surface area contributed by atoms with Crippen LogP contribution < -0.4 is 20.1 Å². The SMILES string of the molecule is O=C(CCCCCCCC(=O)Nc1cccc(OCc2ccccc2)c1)Nc1cccc(OCc2ccccc2)c1. The zero-order chi connectivity index (χ0) is 28.5. The Morgan fingerprint density at radius 1 is 0.488 bits per heavy atom. The van der Waals surface area contributed by atoms with Crippen LogP contribution in [0.1, 0.15) is 56.1 Å². The van der Waals surface area contributed by atoms with Crippen molar-refractivity contribution in [1.29, 1.82) is 0 Å². The predicted molar refractivity (Wildman–Crippen MR) is 164 cm³/mol. The van der Waals surface area contributed by atoms with E-state index in [1.165, 1.54) is 0 Å². The van der Waals surface area contributed by atoms with Crippen LogP contribution in [0, 0.1) is 0 Å². The number of carbonyl (C=O) groups excluding carboxylic acids is 2. The zero-order valence-corrected chi connectivity index (χ0v) is 23.4. The second-order valence-electron chi connectivity index (χ2n) is 9.97. The number of benzene rings is 4. The third-order valence-corrected chi connectivity index (χ3v) is 6.54. The summed E-state index contributed by atoms with van der Waals surface area (Å²) >= 11 is 0. The number of nitrogens with one attached hydrogen (secondary N) is 2. The first-order valence-corrected chi connectivity index (χ1v) is 14.3. The first-order chi connectivity index (χ1) is 20.1. The van der Waals surface area contributed by atoms with Crippen LogP contribution in [-0.4, -0.2) is 11.8 Å². The molecule has 0 unspecified atom stereocenters. The summed E-state index contributed by atoms with van der Waals surface area (Å²) in [6.07, 6.45) is 5.48. The minimum absolute atomic E-state index is 0.000402. The maximum Gasteiger partial charge on any atom is 0.224 e. The Hall–Kier alpha value is -4.58. The molecule has 6 heteroatoms. The van der Waals surface area contributed by atoms with Crippen LogP contribution in [0.3, 0.4) is 0 Å². The molecule has 0 heterocycles. The van der Waals surface area contributed by atoms with Crippen molar-refractivity contribution in [2.75, 3.05) is 10.6 Å².